The van der Waals surface area contributed by atoms with Crippen LogP contribution < -0.4 is 15.5 Å². The largest absolute Gasteiger partial charge is 0.478 e. The normalized spacial score (nSPS) is 10.1. The van der Waals surface area contributed by atoms with Gasteiger partial charge in [-0.05, 0) is 19.1 Å². The SMILES string of the molecule is Cc1ccc(NC(=O)NCc2csc(=O)[nH]2)c(C(=O)O)c1. The van der Waals surface area contributed by atoms with Crippen LogP contribution in [-0.4, -0.2) is 22.1 Å². The first-order valence-corrected chi connectivity index (χ1v) is 6.89. The maximum atomic E-state index is 11.7. The molecule has 2 amide bonds. The van der Waals surface area contributed by atoms with Gasteiger partial charge in [-0.2, -0.15) is 0 Å². The van der Waals surface area contributed by atoms with Crippen LogP contribution in [0.2, 0.25) is 0 Å². The Labute approximate surface area is 123 Å². The average Bonchev–Trinajstić information content (AvgIpc) is 2.84. The number of aromatic carboxylic acids is 1. The second kappa shape index (κ2) is 6.23. The van der Waals surface area contributed by atoms with Crippen molar-refractivity contribution in [3.8, 4) is 0 Å². The third-order valence-electron chi connectivity index (χ3n) is 2.66. The van der Waals surface area contributed by atoms with Crippen molar-refractivity contribution < 1.29 is 14.7 Å². The van der Waals surface area contributed by atoms with Crippen molar-refractivity contribution >= 4 is 29.0 Å². The number of hydrogen-bond donors (Lipinski definition) is 4. The Bertz CT molecular complexity index is 735. The molecule has 0 bridgehead atoms. The molecule has 0 spiro atoms. The highest BCUT2D eigenvalue weighted by Gasteiger charge is 2.12. The number of aromatic amines is 1. The highest BCUT2D eigenvalue weighted by Crippen LogP contribution is 2.17. The smallest absolute Gasteiger partial charge is 0.337 e. The van der Waals surface area contributed by atoms with Gasteiger partial charge >= 0.3 is 16.9 Å². The molecule has 0 fully saturated rings. The first-order chi connectivity index (χ1) is 9.95. The molecule has 7 nitrogen and oxygen atoms in total. The first-order valence-electron chi connectivity index (χ1n) is 6.01. The maximum Gasteiger partial charge on any atom is 0.337 e. The lowest BCUT2D eigenvalue weighted by Crippen LogP contribution is -2.29. The molecule has 0 saturated carbocycles. The molecule has 0 aliphatic heterocycles. The fourth-order valence-corrected chi connectivity index (χ4v) is 2.27. The monoisotopic (exact) mass is 307 g/mol. The molecule has 0 atom stereocenters. The number of anilines is 1. The van der Waals surface area contributed by atoms with Gasteiger partial charge in [0.1, 0.15) is 0 Å². The molecule has 1 aromatic carbocycles. The molecule has 8 heteroatoms. The van der Waals surface area contributed by atoms with Crippen LogP contribution in [0.5, 0.6) is 0 Å². The molecule has 21 heavy (non-hydrogen) atoms. The summed E-state index contributed by atoms with van der Waals surface area (Å²) in [4.78, 5) is 36.2. The molecule has 0 aliphatic carbocycles. The molecular weight excluding hydrogens is 294 g/mol. The lowest BCUT2D eigenvalue weighted by molar-refractivity contribution is 0.0698. The Kier molecular flexibility index (Phi) is 4.39. The summed E-state index contributed by atoms with van der Waals surface area (Å²) >= 11 is 1.01. The molecule has 0 unspecified atom stereocenters. The molecular formula is C13H13N3O4S. The minimum absolute atomic E-state index is 0.0223. The number of carboxylic acid groups (broad SMARTS) is 1. The van der Waals surface area contributed by atoms with Crippen LogP contribution in [0.25, 0.3) is 0 Å². The fourth-order valence-electron chi connectivity index (χ4n) is 1.69. The minimum atomic E-state index is -1.11. The summed E-state index contributed by atoms with van der Waals surface area (Å²) in [6.45, 7) is 1.92. The van der Waals surface area contributed by atoms with E-state index in [1.165, 1.54) is 12.1 Å². The summed E-state index contributed by atoms with van der Waals surface area (Å²) in [6, 6.07) is 4.17. The summed E-state index contributed by atoms with van der Waals surface area (Å²) in [5.41, 5.74) is 1.61. The topological polar surface area (TPSA) is 111 Å². The molecule has 0 aliphatic rings. The lowest BCUT2D eigenvalue weighted by atomic mass is 10.1. The van der Waals surface area contributed by atoms with E-state index in [-0.39, 0.29) is 22.7 Å². The van der Waals surface area contributed by atoms with E-state index >= 15 is 0 Å². The van der Waals surface area contributed by atoms with Gasteiger partial charge in [-0.1, -0.05) is 23.0 Å². The number of aryl methyl sites for hydroxylation is 1. The van der Waals surface area contributed by atoms with Crippen LogP contribution in [0.15, 0.2) is 28.4 Å². The highest BCUT2D eigenvalue weighted by molar-refractivity contribution is 7.07. The molecule has 4 N–H and O–H groups in total. The molecule has 110 valence electrons. The van der Waals surface area contributed by atoms with Crippen molar-refractivity contribution in [3.05, 3.63) is 50.1 Å². The van der Waals surface area contributed by atoms with Gasteiger partial charge in [-0.15, -0.1) is 0 Å². The Hall–Kier alpha value is -2.61. The fraction of sp³-hybridized carbons (Fsp3) is 0.154. The van der Waals surface area contributed by atoms with Crippen LogP contribution >= 0.6 is 11.3 Å². The van der Waals surface area contributed by atoms with Crippen LogP contribution in [-0.2, 0) is 6.54 Å². The molecule has 1 aromatic heterocycles. The third-order valence-corrected chi connectivity index (χ3v) is 3.38. The zero-order valence-corrected chi connectivity index (χ0v) is 11.9. The van der Waals surface area contributed by atoms with Gasteiger partial charge in [-0.3, -0.25) is 4.79 Å². The summed E-state index contributed by atoms with van der Waals surface area (Å²) in [5, 5.41) is 15.7. The van der Waals surface area contributed by atoms with E-state index in [2.05, 4.69) is 15.6 Å². The van der Waals surface area contributed by atoms with Gasteiger partial charge < -0.3 is 20.7 Å². The lowest BCUT2D eigenvalue weighted by Gasteiger charge is -2.10. The van der Waals surface area contributed by atoms with Crippen LogP contribution in [0.1, 0.15) is 21.6 Å². The average molecular weight is 307 g/mol. The Morgan fingerprint density at radius 2 is 2.14 bits per heavy atom. The van der Waals surface area contributed by atoms with Gasteiger partial charge in [-0.25, -0.2) is 9.59 Å². The number of H-pyrrole nitrogens is 1. The number of nitrogens with one attached hydrogen (secondary N) is 3. The van der Waals surface area contributed by atoms with Gasteiger partial charge in [0.05, 0.1) is 17.8 Å². The number of thiazole rings is 1. The number of carbonyl (C=O) groups is 2. The summed E-state index contributed by atoms with van der Waals surface area (Å²) in [6.07, 6.45) is 0. The molecule has 0 radical (unpaired) electrons. The quantitative estimate of drug-likeness (QED) is 0.689. The predicted molar refractivity (Wildman–Crippen MR) is 78.9 cm³/mol. The third kappa shape index (κ3) is 3.93. The summed E-state index contributed by atoms with van der Waals surface area (Å²) in [5.74, 6) is -1.11. The molecule has 2 aromatic rings. The molecule has 0 saturated heterocycles. The van der Waals surface area contributed by atoms with E-state index in [0.29, 0.717) is 5.69 Å². The van der Waals surface area contributed by atoms with E-state index in [1.54, 1.807) is 18.4 Å². The number of carbonyl (C=O) groups excluding carboxylic acids is 1. The summed E-state index contributed by atoms with van der Waals surface area (Å²) in [7, 11) is 0. The van der Waals surface area contributed by atoms with Crippen molar-refractivity contribution in [1.82, 2.24) is 10.3 Å². The van der Waals surface area contributed by atoms with E-state index in [4.69, 9.17) is 5.11 Å². The number of rotatable bonds is 4. The zero-order chi connectivity index (χ0) is 15.4. The van der Waals surface area contributed by atoms with Crippen LogP contribution in [0.3, 0.4) is 0 Å². The Morgan fingerprint density at radius 3 is 2.76 bits per heavy atom. The van der Waals surface area contributed by atoms with Crippen molar-refractivity contribution in [2.24, 2.45) is 0 Å². The van der Waals surface area contributed by atoms with Gasteiger partial charge in [0.25, 0.3) is 0 Å². The van der Waals surface area contributed by atoms with Crippen LogP contribution in [0, 0.1) is 6.92 Å². The number of urea groups is 1. The van der Waals surface area contributed by atoms with Gasteiger partial charge in [0.15, 0.2) is 0 Å². The molecule has 2 rings (SSSR count). The van der Waals surface area contributed by atoms with Gasteiger partial charge in [0, 0.05) is 11.1 Å². The first kappa shape index (κ1) is 14.8. The van der Waals surface area contributed by atoms with Crippen molar-refractivity contribution in [3.63, 3.8) is 0 Å². The standard InChI is InChI=1S/C13H13N3O4S/c1-7-2-3-10(9(4-7)11(17)18)16-12(19)14-5-8-6-21-13(20)15-8/h2-4,6H,5H2,1H3,(H,15,20)(H,17,18)(H2,14,16,19). The Balaban J connectivity index is 2.02. The maximum absolute atomic E-state index is 11.7. The second-order valence-corrected chi connectivity index (χ2v) is 5.18. The van der Waals surface area contributed by atoms with E-state index in [0.717, 1.165) is 16.9 Å². The van der Waals surface area contributed by atoms with E-state index in [9.17, 15) is 14.4 Å². The van der Waals surface area contributed by atoms with Crippen molar-refractivity contribution in [2.45, 2.75) is 13.5 Å². The Morgan fingerprint density at radius 1 is 1.38 bits per heavy atom. The van der Waals surface area contributed by atoms with Gasteiger partial charge in [0.2, 0.25) is 0 Å². The number of carboxylic acids is 1. The van der Waals surface area contributed by atoms with Crippen molar-refractivity contribution in [1.29, 1.82) is 0 Å². The second-order valence-electron chi connectivity index (χ2n) is 4.34. The van der Waals surface area contributed by atoms with E-state index < -0.39 is 12.0 Å². The van der Waals surface area contributed by atoms with E-state index in [1.807, 2.05) is 0 Å². The predicted octanol–water partition coefficient (Wildman–Crippen LogP) is 1.76. The highest BCUT2D eigenvalue weighted by atomic mass is 32.1. The number of benzene rings is 1. The number of amides is 2. The van der Waals surface area contributed by atoms with Crippen LogP contribution in [0.4, 0.5) is 10.5 Å². The molecule has 1 heterocycles. The summed E-state index contributed by atoms with van der Waals surface area (Å²) < 4.78 is 0. The zero-order valence-electron chi connectivity index (χ0n) is 11.1. The number of hydrogen-bond acceptors (Lipinski definition) is 4. The number of aromatic nitrogens is 1. The van der Waals surface area contributed by atoms with Crippen molar-refractivity contribution in [2.75, 3.05) is 5.32 Å². The minimum Gasteiger partial charge on any atom is -0.478 e.